The van der Waals surface area contributed by atoms with Gasteiger partial charge < -0.3 is 30.7 Å². The number of nitrogens with one attached hydrogen (secondary N) is 3. The van der Waals surface area contributed by atoms with Crippen molar-refractivity contribution in [2.24, 2.45) is 0 Å². The maximum Gasteiger partial charge on any atom is 0.407 e. The van der Waals surface area contributed by atoms with Crippen LogP contribution in [0.1, 0.15) is 88.2 Å². The number of ether oxygens (including phenoxy) is 1. The van der Waals surface area contributed by atoms with Crippen LogP contribution in [0.2, 0.25) is 0 Å². The molecule has 0 aliphatic heterocycles. The Morgan fingerprint density at radius 2 is 1.07 bits per heavy atom. The molecule has 2 aromatic carbocycles. The van der Waals surface area contributed by atoms with Crippen LogP contribution in [0.15, 0.2) is 60.7 Å². The normalized spacial score (nSPS) is 10.5. The first-order chi connectivity index (χ1) is 21.4. The molecule has 10 nitrogen and oxygen atoms in total. The van der Waals surface area contributed by atoms with Crippen LogP contribution in [0.3, 0.4) is 0 Å². The summed E-state index contributed by atoms with van der Waals surface area (Å²) in [6.07, 6.45) is 8.02. The van der Waals surface area contributed by atoms with E-state index in [0.29, 0.717) is 58.4 Å². The second-order valence-corrected chi connectivity index (χ2v) is 10.9. The maximum absolute atomic E-state index is 12.0. The second-order valence-electron chi connectivity index (χ2n) is 10.9. The summed E-state index contributed by atoms with van der Waals surface area (Å²) in [6.45, 7) is 2.96. The summed E-state index contributed by atoms with van der Waals surface area (Å²) < 4.78 is 5.18. The molecule has 0 fully saturated rings. The Morgan fingerprint density at radius 1 is 0.591 bits per heavy atom. The monoisotopic (exact) mass is 610 g/mol. The Morgan fingerprint density at radius 3 is 1.59 bits per heavy atom. The average molecular weight is 611 g/mol. The van der Waals surface area contributed by atoms with E-state index in [4.69, 9.17) is 4.74 Å². The first-order valence-electron chi connectivity index (χ1n) is 15.9. The first kappa shape index (κ1) is 36.1. The van der Waals surface area contributed by atoms with Crippen molar-refractivity contribution in [2.75, 3.05) is 26.2 Å². The van der Waals surface area contributed by atoms with Gasteiger partial charge in [0, 0.05) is 45.6 Å². The van der Waals surface area contributed by atoms with Gasteiger partial charge in [-0.3, -0.25) is 9.59 Å². The third kappa shape index (κ3) is 18.5. The number of hydrogen-bond donors (Lipinski definition) is 4. The molecule has 0 radical (unpaired) electrons. The second kappa shape index (κ2) is 23.4. The van der Waals surface area contributed by atoms with Gasteiger partial charge in [0.15, 0.2) is 0 Å². The van der Waals surface area contributed by atoms with E-state index in [1.165, 1.54) is 4.90 Å². The quantitative estimate of drug-likeness (QED) is 0.114. The Balaban J connectivity index is 1.33. The van der Waals surface area contributed by atoms with Crippen LogP contribution in [0.4, 0.5) is 9.59 Å². The number of benzene rings is 2. The van der Waals surface area contributed by atoms with Crippen molar-refractivity contribution in [3.05, 3.63) is 71.8 Å². The molecule has 4 amide bonds. The fourth-order valence-corrected chi connectivity index (χ4v) is 4.60. The van der Waals surface area contributed by atoms with Crippen LogP contribution < -0.4 is 16.0 Å². The Labute approximate surface area is 261 Å². The molecular formula is C34H50N4O6. The van der Waals surface area contributed by atoms with Crippen molar-refractivity contribution in [3.63, 3.8) is 0 Å². The lowest BCUT2D eigenvalue weighted by Crippen LogP contribution is -2.30. The van der Waals surface area contributed by atoms with Gasteiger partial charge in [0.1, 0.15) is 6.61 Å². The van der Waals surface area contributed by atoms with Crippen LogP contribution in [0.5, 0.6) is 0 Å². The van der Waals surface area contributed by atoms with Gasteiger partial charge in [-0.05, 0) is 49.7 Å². The van der Waals surface area contributed by atoms with Crippen LogP contribution in [0.25, 0.3) is 0 Å². The molecule has 0 heterocycles. The number of rotatable bonds is 23. The topological polar surface area (TPSA) is 137 Å². The van der Waals surface area contributed by atoms with E-state index in [1.807, 2.05) is 60.7 Å². The minimum Gasteiger partial charge on any atom is -0.465 e. The highest BCUT2D eigenvalue weighted by Crippen LogP contribution is 2.08. The number of carbonyl (C=O) groups is 4. The molecule has 0 aliphatic carbocycles. The number of amides is 4. The van der Waals surface area contributed by atoms with Gasteiger partial charge in [0.25, 0.3) is 0 Å². The summed E-state index contributed by atoms with van der Waals surface area (Å²) in [4.78, 5) is 48.7. The molecule has 0 aromatic heterocycles. The van der Waals surface area contributed by atoms with E-state index >= 15 is 0 Å². The van der Waals surface area contributed by atoms with Crippen molar-refractivity contribution in [1.29, 1.82) is 0 Å². The predicted molar refractivity (Wildman–Crippen MR) is 171 cm³/mol. The van der Waals surface area contributed by atoms with E-state index < -0.39 is 12.2 Å². The van der Waals surface area contributed by atoms with Gasteiger partial charge in [0.05, 0.1) is 0 Å². The fourth-order valence-electron chi connectivity index (χ4n) is 4.60. The van der Waals surface area contributed by atoms with Gasteiger partial charge >= 0.3 is 12.2 Å². The largest absolute Gasteiger partial charge is 0.465 e. The van der Waals surface area contributed by atoms with Gasteiger partial charge in [-0.25, -0.2) is 9.59 Å². The number of hydrogen-bond acceptors (Lipinski definition) is 5. The molecule has 0 spiro atoms. The van der Waals surface area contributed by atoms with E-state index in [-0.39, 0.29) is 18.4 Å². The standard InChI is InChI=1S/C34H50N4O6/c39-31(35-23-13-1-2-15-25-37-33(41)44-28-30-19-9-6-10-20-30)21-11-12-22-32(40)36-24-14-3-4-16-26-38(34(42)43)27-29-17-7-5-8-18-29/h5-10,17-20H,1-4,11-16,21-28H2,(H,35,39)(H,36,40)(H,37,41)(H,42,43). The first-order valence-corrected chi connectivity index (χ1v) is 15.9. The van der Waals surface area contributed by atoms with Gasteiger partial charge in [-0.1, -0.05) is 86.3 Å². The zero-order valence-electron chi connectivity index (χ0n) is 25.9. The van der Waals surface area contributed by atoms with Crippen molar-refractivity contribution in [3.8, 4) is 0 Å². The van der Waals surface area contributed by atoms with Gasteiger partial charge in [-0.2, -0.15) is 0 Å². The van der Waals surface area contributed by atoms with Crippen LogP contribution >= 0.6 is 0 Å². The van der Waals surface area contributed by atoms with Crippen molar-refractivity contribution in [1.82, 2.24) is 20.9 Å². The molecule has 2 rings (SSSR count). The number of nitrogens with zero attached hydrogens (tertiary/aromatic N) is 1. The molecule has 0 unspecified atom stereocenters. The highest BCUT2D eigenvalue weighted by molar-refractivity contribution is 5.77. The van der Waals surface area contributed by atoms with E-state index in [2.05, 4.69) is 16.0 Å². The summed E-state index contributed by atoms with van der Waals surface area (Å²) in [5, 5.41) is 18.0. The van der Waals surface area contributed by atoms with E-state index in [9.17, 15) is 24.3 Å². The number of alkyl carbamates (subject to hydrolysis) is 1. The Kier molecular flexibility index (Phi) is 19.2. The van der Waals surface area contributed by atoms with Crippen LogP contribution in [0, 0.1) is 0 Å². The zero-order chi connectivity index (χ0) is 31.7. The molecule has 2 aromatic rings. The van der Waals surface area contributed by atoms with Crippen molar-refractivity contribution < 1.29 is 29.0 Å². The highest BCUT2D eigenvalue weighted by Gasteiger charge is 2.11. The number of carbonyl (C=O) groups excluding carboxylic acids is 3. The molecule has 0 saturated carbocycles. The Bertz CT molecular complexity index is 1080. The van der Waals surface area contributed by atoms with E-state index in [1.54, 1.807) is 0 Å². The predicted octanol–water partition coefficient (Wildman–Crippen LogP) is 6.01. The lowest BCUT2D eigenvalue weighted by molar-refractivity contribution is -0.123. The third-order valence-corrected chi connectivity index (χ3v) is 7.13. The Hall–Kier alpha value is -4.08. The van der Waals surface area contributed by atoms with Crippen LogP contribution in [-0.4, -0.2) is 60.2 Å². The van der Waals surface area contributed by atoms with Gasteiger partial charge in [0.2, 0.25) is 11.8 Å². The van der Waals surface area contributed by atoms with Crippen molar-refractivity contribution in [2.45, 2.75) is 90.2 Å². The number of unbranched alkanes of at least 4 members (excludes halogenated alkanes) is 7. The molecule has 0 atom stereocenters. The molecule has 0 saturated heterocycles. The van der Waals surface area contributed by atoms with Gasteiger partial charge in [-0.15, -0.1) is 0 Å². The summed E-state index contributed by atoms with van der Waals surface area (Å²) in [6, 6.07) is 19.1. The van der Waals surface area contributed by atoms with Crippen molar-refractivity contribution >= 4 is 24.0 Å². The lowest BCUT2D eigenvalue weighted by atomic mass is 10.1. The lowest BCUT2D eigenvalue weighted by Gasteiger charge is -2.19. The molecule has 0 bridgehead atoms. The smallest absolute Gasteiger partial charge is 0.407 e. The minimum atomic E-state index is -0.907. The number of carboxylic acid groups (broad SMARTS) is 1. The minimum absolute atomic E-state index is 0.00395. The third-order valence-electron chi connectivity index (χ3n) is 7.13. The molecular weight excluding hydrogens is 560 g/mol. The molecule has 0 aliphatic rings. The molecule has 44 heavy (non-hydrogen) atoms. The van der Waals surface area contributed by atoms with Crippen LogP contribution in [-0.2, 0) is 27.5 Å². The summed E-state index contributed by atoms with van der Waals surface area (Å²) in [7, 11) is 0. The average Bonchev–Trinajstić information content (AvgIpc) is 3.03. The fraction of sp³-hybridized carbons (Fsp3) is 0.529. The zero-order valence-corrected chi connectivity index (χ0v) is 25.9. The SMILES string of the molecule is O=C(CCCCC(=O)NCCCCCCN(Cc1ccccc1)C(=O)O)NCCCCCCNC(=O)OCc1ccccc1. The van der Waals surface area contributed by atoms with E-state index in [0.717, 1.165) is 62.5 Å². The summed E-state index contributed by atoms with van der Waals surface area (Å²) in [5.74, 6) is 0.0164. The molecule has 242 valence electrons. The summed E-state index contributed by atoms with van der Waals surface area (Å²) in [5.41, 5.74) is 1.93. The maximum atomic E-state index is 12.0. The molecule has 4 N–H and O–H groups in total. The highest BCUT2D eigenvalue weighted by atomic mass is 16.5. The molecule has 10 heteroatoms. The summed E-state index contributed by atoms with van der Waals surface area (Å²) >= 11 is 0.